The van der Waals surface area contributed by atoms with Crippen LogP contribution < -0.4 is 4.28 Å². The summed E-state index contributed by atoms with van der Waals surface area (Å²) in [6.45, 7) is 2.24. The molecule has 1 aromatic heterocycles. The molecule has 0 unspecified atom stereocenters. The van der Waals surface area contributed by atoms with E-state index in [0.717, 1.165) is 34.9 Å². The lowest BCUT2D eigenvalue weighted by Crippen LogP contribution is -2.20. The van der Waals surface area contributed by atoms with Crippen LogP contribution in [0.5, 0.6) is 0 Å². The highest BCUT2D eigenvalue weighted by molar-refractivity contribution is 7.87. The molecular formula is C24H32N2O3S. The molecule has 0 saturated heterocycles. The molecule has 0 saturated carbocycles. The Morgan fingerprint density at radius 1 is 0.900 bits per heavy atom. The molecule has 6 heteroatoms. The van der Waals surface area contributed by atoms with Crippen molar-refractivity contribution in [3.8, 4) is 0 Å². The first-order valence-electron chi connectivity index (χ1n) is 11.1. The highest BCUT2D eigenvalue weighted by Gasteiger charge is 2.24. The molecule has 0 aliphatic heterocycles. The molecule has 0 atom stereocenters. The van der Waals surface area contributed by atoms with E-state index in [1.165, 1.54) is 63.7 Å². The SMILES string of the molecule is CCCCCCCCCCCc1ccc2ccccc2c1S(=O)(=O)On1ccnc1. The van der Waals surface area contributed by atoms with Crippen LogP contribution in [-0.4, -0.2) is 18.1 Å². The maximum absolute atomic E-state index is 13.1. The van der Waals surface area contributed by atoms with E-state index in [-0.39, 0.29) is 4.90 Å². The summed E-state index contributed by atoms with van der Waals surface area (Å²) in [5.41, 5.74) is 0.816. The third-order valence-electron chi connectivity index (χ3n) is 5.43. The van der Waals surface area contributed by atoms with Gasteiger partial charge in [0.2, 0.25) is 0 Å². The molecule has 2 aromatic carbocycles. The molecule has 162 valence electrons. The van der Waals surface area contributed by atoms with Gasteiger partial charge in [-0.15, -0.1) is 0 Å². The zero-order chi connectivity index (χ0) is 21.2. The first-order chi connectivity index (χ1) is 14.6. The molecule has 3 rings (SSSR count). The van der Waals surface area contributed by atoms with Crippen molar-refractivity contribution in [3.05, 3.63) is 60.7 Å². The molecule has 3 aromatic rings. The third kappa shape index (κ3) is 6.08. The van der Waals surface area contributed by atoms with Crippen molar-refractivity contribution in [2.75, 3.05) is 0 Å². The van der Waals surface area contributed by atoms with E-state index < -0.39 is 10.1 Å². The highest BCUT2D eigenvalue weighted by Crippen LogP contribution is 2.29. The maximum Gasteiger partial charge on any atom is 0.358 e. The molecule has 0 amide bonds. The number of fused-ring (bicyclic) bond motifs is 1. The molecule has 0 N–H and O–H groups in total. The van der Waals surface area contributed by atoms with Crippen LogP contribution in [-0.2, 0) is 16.5 Å². The van der Waals surface area contributed by atoms with E-state index in [2.05, 4.69) is 11.9 Å². The van der Waals surface area contributed by atoms with Gasteiger partial charge in [-0.2, -0.15) is 13.1 Å². The third-order valence-corrected chi connectivity index (χ3v) is 6.78. The maximum atomic E-state index is 13.1. The molecule has 5 nitrogen and oxygen atoms in total. The zero-order valence-electron chi connectivity index (χ0n) is 17.8. The predicted octanol–water partition coefficient (Wildman–Crippen LogP) is 5.93. The monoisotopic (exact) mass is 428 g/mol. The molecular weight excluding hydrogens is 396 g/mol. The number of aromatic nitrogens is 2. The van der Waals surface area contributed by atoms with Gasteiger partial charge >= 0.3 is 10.1 Å². The Kier molecular flexibility index (Phi) is 8.31. The molecule has 0 aliphatic rings. The molecule has 0 bridgehead atoms. The minimum Gasteiger partial charge on any atom is -0.283 e. The van der Waals surface area contributed by atoms with Gasteiger partial charge in [0.1, 0.15) is 11.2 Å². The Morgan fingerprint density at radius 3 is 2.30 bits per heavy atom. The molecule has 0 radical (unpaired) electrons. The van der Waals surface area contributed by atoms with Crippen molar-refractivity contribution in [1.29, 1.82) is 0 Å². The van der Waals surface area contributed by atoms with Crippen molar-refractivity contribution in [2.45, 2.75) is 76.0 Å². The standard InChI is InChI=1S/C24H32N2O3S/c1-2-3-4-5-6-7-8-9-10-14-22-17-16-21-13-11-12-15-23(21)24(22)30(27,28)29-26-19-18-25-20-26/h11-13,15-20H,2-10,14H2,1H3. The minimum atomic E-state index is -3.98. The van der Waals surface area contributed by atoms with Crippen LogP contribution in [0.15, 0.2) is 60.0 Å². The second kappa shape index (κ2) is 11.2. The molecule has 0 fully saturated rings. The number of nitrogens with zero attached hydrogens (tertiary/aromatic N) is 2. The smallest absolute Gasteiger partial charge is 0.283 e. The van der Waals surface area contributed by atoms with Crippen LogP contribution in [0.25, 0.3) is 10.8 Å². The number of hydrogen-bond donors (Lipinski definition) is 0. The van der Waals surface area contributed by atoms with Gasteiger partial charge in [0.05, 0.1) is 6.20 Å². The largest absolute Gasteiger partial charge is 0.358 e. The average molecular weight is 429 g/mol. The van der Waals surface area contributed by atoms with Crippen molar-refractivity contribution in [2.24, 2.45) is 0 Å². The van der Waals surface area contributed by atoms with Gasteiger partial charge in [-0.1, -0.05) is 94.7 Å². The Balaban J connectivity index is 1.68. The van der Waals surface area contributed by atoms with Gasteiger partial charge in [-0.3, -0.25) is 4.28 Å². The van der Waals surface area contributed by atoms with Gasteiger partial charge in [0.15, 0.2) is 0 Å². The number of unbranched alkanes of at least 4 members (excludes halogenated alkanes) is 8. The lowest BCUT2D eigenvalue weighted by Gasteiger charge is -2.14. The van der Waals surface area contributed by atoms with E-state index in [9.17, 15) is 8.42 Å². The summed E-state index contributed by atoms with van der Waals surface area (Å²) in [5.74, 6) is 0. The highest BCUT2D eigenvalue weighted by atomic mass is 32.2. The number of aryl methyl sites for hydroxylation is 1. The molecule has 0 aliphatic carbocycles. The predicted molar refractivity (Wildman–Crippen MR) is 121 cm³/mol. The Bertz CT molecular complexity index is 1010. The van der Waals surface area contributed by atoms with Crippen LogP contribution in [0.1, 0.15) is 70.3 Å². The lowest BCUT2D eigenvalue weighted by atomic mass is 10.0. The van der Waals surface area contributed by atoms with Gasteiger partial charge in [-0.05, 0) is 23.8 Å². The fourth-order valence-corrected chi connectivity index (χ4v) is 5.18. The van der Waals surface area contributed by atoms with Crippen LogP contribution in [0.3, 0.4) is 0 Å². The van der Waals surface area contributed by atoms with Crippen molar-refractivity contribution >= 4 is 20.9 Å². The summed E-state index contributed by atoms with van der Waals surface area (Å²) >= 11 is 0. The van der Waals surface area contributed by atoms with Gasteiger partial charge < -0.3 is 0 Å². The second-order valence-corrected chi connectivity index (χ2v) is 9.27. The quantitative estimate of drug-likeness (QED) is 0.317. The summed E-state index contributed by atoms with van der Waals surface area (Å²) in [4.78, 5) is 4.13. The topological polar surface area (TPSA) is 61.2 Å². The summed E-state index contributed by atoms with van der Waals surface area (Å²) in [6.07, 6.45) is 16.2. The summed E-state index contributed by atoms with van der Waals surface area (Å²) in [5, 5.41) is 1.59. The van der Waals surface area contributed by atoms with Crippen LogP contribution >= 0.6 is 0 Å². The summed E-state index contributed by atoms with van der Waals surface area (Å²) in [6, 6.07) is 11.5. The number of hydrogen-bond acceptors (Lipinski definition) is 4. The number of benzene rings is 2. The minimum absolute atomic E-state index is 0.272. The Morgan fingerprint density at radius 2 is 1.60 bits per heavy atom. The van der Waals surface area contributed by atoms with E-state index in [1.54, 1.807) is 0 Å². The van der Waals surface area contributed by atoms with Gasteiger partial charge in [0, 0.05) is 11.6 Å². The fourth-order valence-electron chi connectivity index (χ4n) is 3.85. The fraction of sp³-hybridized carbons (Fsp3) is 0.458. The van der Waals surface area contributed by atoms with Gasteiger partial charge in [-0.25, -0.2) is 4.98 Å². The van der Waals surface area contributed by atoms with Gasteiger partial charge in [0.25, 0.3) is 0 Å². The number of rotatable bonds is 13. The first-order valence-corrected chi connectivity index (χ1v) is 12.5. The van der Waals surface area contributed by atoms with Crippen LogP contribution in [0, 0.1) is 0 Å². The first kappa shape index (κ1) is 22.3. The van der Waals surface area contributed by atoms with Crippen molar-refractivity contribution in [1.82, 2.24) is 9.71 Å². The van der Waals surface area contributed by atoms with E-state index in [0.29, 0.717) is 5.39 Å². The normalized spacial score (nSPS) is 11.8. The lowest BCUT2D eigenvalue weighted by molar-refractivity contribution is 0.278. The average Bonchev–Trinajstić information content (AvgIpc) is 3.24. The van der Waals surface area contributed by atoms with Crippen molar-refractivity contribution < 1.29 is 12.7 Å². The van der Waals surface area contributed by atoms with Crippen LogP contribution in [0.4, 0.5) is 0 Å². The zero-order valence-corrected chi connectivity index (χ0v) is 18.6. The van der Waals surface area contributed by atoms with Crippen LogP contribution in [0.2, 0.25) is 0 Å². The second-order valence-electron chi connectivity index (χ2n) is 7.80. The molecule has 1 heterocycles. The molecule has 0 spiro atoms. The molecule has 30 heavy (non-hydrogen) atoms. The van der Waals surface area contributed by atoms with E-state index in [1.807, 2.05) is 36.4 Å². The summed E-state index contributed by atoms with van der Waals surface area (Å²) in [7, 11) is -3.98. The van der Waals surface area contributed by atoms with Crippen molar-refractivity contribution in [3.63, 3.8) is 0 Å². The Hall–Kier alpha value is -2.34. The van der Waals surface area contributed by atoms with E-state index in [4.69, 9.17) is 4.28 Å². The number of imidazole rings is 1. The summed E-state index contributed by atoms with van der Waals surface area (Å²) < 4.78 is 32.7. The van der Waals surface area contributed by atoms with E-state index >= 15 is 0 Å². The Labute approximate surface area is 180 Å².